The van der Waals surface area contributed by atoms with Gasteiger partial charge in [-0.1, -0.05) is 60.7 Å². The number of benzene rings is 4. The highest BCUT2D eigenvalue weighted by Gasteiger charge is 2.12. The molecule has 0 heterocycles. The third-order valence-electron chi connectivity index (χ3n) is 4.08. The summed E-state index contributed by atoms with van der Waals surface area (Å²) < 4.78 is 6.15. The van der Waals surface area contributed by atoms with Gasteiger partial charge in [0.25, 0.3) is 0 Å². The lowest BCUT2D eigenvalue weighted by atomic mass is 10.0. The van der Waals surface area contributed by atoms with E-state index in [0.29, 0.717) is 11.1 Å². The van der Waals surface area contributed by atoms with Gasteiger partial charge in [-0.15, -0.1) is 0 Å². The van der Waals surface area contributed by atoms with Crippen LogP contribution in [0.5, 0.6) is 11.5 Å². The summed E-state index contributed by atoms with van der Waals surface area (Å²) in [6.45, 7) is 0. The summed E-state index contributed by atoms with van der Waals surface area (Å²) in [5, 5.41) is 12.9. The van der Waals surface area contributed by atoms with Gasteiger partial charge in [0.05, 0.1) is 5.56 Å². The van der Waals surface area contributed by atoms with E-state index in [-0.39, 0.29) is 5.56 Å². The van der Waals surface area contributed by atoms with Crippen LogP contribution in [-0.2, 0) is 0 Å². The molecular weight excluding hydrogens is 300 g/mol. The lowest BCUT2D eigenvalue weighted by Gasteiger charge is -2.12. The molecule has 0 fully saturated rings. The van der Waals surface area contributed by atoms with Gasteiger partial charge in [0.15, 0.2) is 0 Å². The number of carboxylic acid groups (broad SMARTS) is 1. The van der Waals surface area contributed by atoms with Crippen LogP contribution in [0, 0.1) is 0 Å². The molecule has 4 aromatic carbocycles. The second-order valence-electron chi connectivity index (χ2n) is 5.54. The first-order valence-corrected chi connectivity index (χ1v) is 7.65. The van der Waals surface area contributed by atoms with Crippen LogP contribution in [0.1, 0.15) is 10.4 Å². The minimum absolute atomic E-state index is 0.274. The Bertz CT molecular complexity index is 1060. The number of ether oxygens (including phenoxy) is 1. The lowest BCUT2D eigenvalue weighted by molar-refractivity contribution is 0.0699. The van der Waals surface area contributed by atoms with E-state index in [9.17, 15) is 9.90 Å². The van der Waals surface area contributed by atoms with Crippen LogP contribution in [0.2, 0.25) is 0 Å². The van der Waals surface area contributed by atoms with Crippen LogP contribution in [0.3, 0.4) is 0 Å². The van der Waals surface area contributed by atoms with Gasteiger partial charge < -0.3 is 9.84 Å². The van der Waals surface area contributed by atoms with Gasteiger partial charge in [-0.2, -0.15) is 0 Å². The molecule has 0 aliphatic heterocycles. The molecule has 0 radical (unpaired) electrons. The average Bonchev–Trinajstić information content (AvgIpc) is 2.62. The number of hydrogen-bond acceptors (Lipinski definition) is 2. The van der Waals surface area contributed by atoms with Crippen LogP contribution in [0.4, 0.5) is 0 Å². The van der Waals surface area contributed by atoms with E-state index in [1.165, 1.54) is 0 Å². The normalized spacial score (nSPS) is 10.8. The number of fused-ring (bicyclic) bond motifs is 2. The first kappa shape index (κ1) is 14.3. The van der Waals surface area contributed by atoms with Gasteiger partial charge in [0.1, 0.15) is 11.5 Å². The summed E-state index contributed by atoms with van der Waals surface area (Å²) in [6.07, 6.45) is 0. The van der Waals surface area contributed by atoms with E-state index in [1.807, 2.05) is 60.7 Å². The first-order chi connectivity index (χ1) is 11.7. The van der Waals surface area contributed by atoms with Gasteiger partial charge in [0, 0.05) is 10.8 Å². The van der Waals surface area contributed by atoms with Crippen molar-refractivity contribution in [3.63, 3.8) is 0 Å². The molecule has 1 N–H and O–H groups in total. The zero-order chi connectivity index (χ0) is 16.5. The molecule has 3 heteroatoms. The summed E-state index contributed by atoms with van der Waals surface area (Å²) in [7, 11) is 0. The lowest BCUT2D eigenvalue weighted by Crippen LogP contribution is -1.98. The van der Waals surface area contributed by atoms with Crippen LogP contribution in [0.25, 0.3) is 21.5 Å². The van der Waals surface area contributed by atoms with Crippen LogP contribution < -0.4 is 4.74 Å². The maximum Gasteiger partial charge on any atom is 0.336 e. The summed E-state index contributed by atoms with van der Waals surface area (Å²) in [5.74, 6) is 0.455. The zero-order valence-corrected chi connectivity index (χ0v) is 12.8. The molecule has 0 saturated carbocycles. The molecule has 0 aromatic heterocycles. The Morgan fingerprint density at radius 3 is 2.08 bits per heavy atom. The molecule has 0 unspecified atom stereocenters. The van der Waals surface area contributed by atoms with Gasteiger partial charge >= 0.3 is 5.97 Å². The van der Waals surface area contributed by atoms with Crippen molar-refractivity contribution in [1.82, 2.24) is 0 Å². The average molecular weight is 314 g/mol. The standard InChI is InChI=1S/C21H14O3/c22-21(23)18-12-13-20(17-10-4-3-9-16(17)18)24-19-11-5-7-14-6-1-2-8-15(14)19/h1-13H,(H,22,23). The molecule has 4 aromatic rings. The van der Waals surface area contributed by atoms with Crippen LogP contribution in [-0.4, -0.2) is 11.1 Å². The van der Waals surface area contributed by atoms with Crippen molar-refractivity contribution in [1.29, 1.82) is 0 Å². The second-order valence-corrected chi connectivity index (χ2v) is 5.54. The maximum atomic E-state index is 11.4. The Balaban J connectivity index is 1.88. The summed E-state index contributed by atoms with van der Waals surface area (Å²) in [5.41, 5.74) is 0.274. The van der Waals surface area contributed by atoms with Crippen molar-refractivity contribution in [2.45, 2.75) is 0 Å². The number of hydrogen-bond donors (Lipinski definition) is 1. The van der Waals surface area contributed by atoms with Crippen molar-refractivity contribution in [3.05, 3.63) is 84.4 Å². The van der Waals surface area contributed by atoms with Gasteiger partial charge in [-0.3, -0.25) is 0 Å². The number of aromatic carboxylic acids is 1. The Kier molecular flexibility index (Phi) is 3.39. The Morgan fingerprint density at radius 1 is 0.667 bits per heavy atom. The summed E-state index contributed by atoms with van der Waals surface area (Å²) in [6, 6.07) is 24.6. The molecule has 0 spiro atoms. The van der Waals surface area contributed by atoms with Crippen molar-refractivity contribution in [2.75, 3.05) is 0 Å². The summed E-state index contributed by atoms with van der Waals surface area (Å²) >= 11 is 0. The first-order valence-electron chi connectivity index (χ1n) is 7.65. The molecule has 4 rings (SSSR count). The van der Waals surface area contributed by atoms with Gasteiger partial charge in [-0.05, 0) is 29.0 Å². The fourth-order valence-electron chi connectivity index (χ4n) is 2.95. The fourth-order valence-corrected chi connectivity index (χ4v) is 2.95. The number of carboxylic acids is 1. The van der Waals surface area contributed by atoms with E-state index in [2.05, 4.69) is 0 Å². The van der Waals surface area contributed by atoms with Crippen LogP contribution >= 0.6 is 0 Å². The second kappa shape index (κ2) is 5.70. The predicted molar refractivity (Wildman–Crippen MR) is 94.9 cm³/mol. The highest BCUT2D eigenvalue weighted by Crippen LogP contribution is 2.35. The van der Waals surface area contributed by atoms with Crippen molar-refractivity contribution < 1.29 is 14.6 Å². The largest absolute Gasteiger partial charge is 0.478 e. The van der Waals surface area contributed by atoms with E-state index in [4.69, 9.17) is 4.74 Å². The highest BCUT2D eigenvalue weighted by molar-refractivity contribution is 6.05. The van der Waals surface area contributed by atoms with Crippen molar-refractivity contribution in [3.8, 4) is 11.5 Å². The van der Waals surface area contributed by atoms with Gasteiger partial charge in [-0.25, -0.2) is 4.79 Å². The van der Waals surface area contributed by atoms with Crippen LogP contribution in [0.15, 0.2) is 78.9 Å². The molecule has 24 heavy (non-hydrogen) atoms. The molecule has 0 aliphatic carbocycles. The Morgan fingerprint density at radius 2 is 1.29 bits per heavy atom. The third kappa shape index (κ3) is 2.36. The van der Waals surface area contributed by atoms with Crippen molar-refractivity contribution >= 4 is 27.5 Å². The summed E-state index contributed by atoms with van der Waals surface area (Å²) in [4.78, 5) is 11.4. The smallest absolute Gasteiger partial charge is 0.336 e. The molecule has 0 atom stereocenters. The van der Waals surface area contributed by atoms with Gasteiger partial charge in [0.2, 0.25) is 0 Å². The van der Waals surface area contributed by atoms with E-state index in [1.54, 1.807) is 18.2 Å². The number of carbonyl (C=O) groups is 1. The highest BCUT2D eigenvalue weighted by atomic mass is 16.5. The SMILES string of the molecule is O=C(O)c1ccc(Oc2cccc3ccccc23)c2ccccc12. The Labute approximate surface area is 138 Å². The molecule has 116 valence electrons. The number of rotatable bonds is 3. The van der Waals surface area contributed by atoms with E-state index in [0.717, 1.165) is 21.9 Å². The molecular formula is C21H14O3. The predicted octanol–water partition coefficient (Wildman–Crippen LogP) is 5.48. The maximum absolute atomic E-state index is 11.4. The zero-order valence-electron chi connectivity index (χ0n) is 12.8. The minimum Gasteiger partial charge on any atom is -0.478 e. The molecule has 0 bridgehead atoms. The van der Waals surface area contributed by atoms with Crippen molar-refractivity contribution in [2.24, 2.45) is 0 Å². The molecule has 3 nitrogen and oxygen atoms in total. The minimum atomic E-state index is -0.942. The topological polar surface area (TPSA) is 46.5 Å². The molecule has 0 aliphatic rings. The quantitative estimate of drug-likeness (QED) is 0.544. The Hall–Kier alpha value is -3.33. The third-order valence-corrected chi connectivity index (χ3v) is 4.08. The fraction of sp³-hybridized carbons (Fsp3) is 0. The van der Waals surface area contributed by atoms with E-state index < -0.39 is 5.97 Å². The van der Waals surface area contributed by atoms with E-state index >= 15 is 0 Å². The monoisotopic (exact) mass is 314 g/mol. The molecule has 0 saturated heterocycles. The molecule has 0 amide bonds.